The third kappa shape index (κ3) is 4.43. The van der Waals surface area contributed by atoms with Crippen molar-refractivity contribution in [3.63, 3.8) is 0 Å². The van der Waals surface area contributed by atoms with E-state index in [9.17, 15) is 4.79 Å². The largest absolute Gasteiger partial charge is 0.494 e. The van der Waals surface area contributed by atoms with Crippen molar-refractivity contribution >= 4 is 38.4 Å². The van der Waals surface area contributed by atoms with Crippen LogP contribution in [-0.2, 0) is 0 Å². The second-order valence-corrected chi connectivity index (χ2v) is 7.90. The Balaban J connectivity index is 1.38. The van der Waals surface area contributed by atoms with Crippen LogP contribution in [0.4, 0.5) is 15.6 Å². The van der Waals surface area contributed by atoms with Gasteiger partial charge in [0.2, 0.25) is 0 Å². The maximum absolute atomic E-state index is 12.7. The number of benzene rings is 2. The van der Waals surface area contributed by atoms with Crippen LogP contribution in [0.2, 0.25) is 0 Å². The van der Waals surface area contributed by atoms with Crippen molar-refractivity contribution in [2.75, 3.05) is 49.6 Å². The van der Waals surface area contributed by atoms with E-state index in [0.29, 0.717) is 37.7 Å². The number of rotatable bonds is 6. The average Bonchev–Trinajstić information content (AvgIpc) is 3.19. The number of hydrogen-bond donors (Lipinski definition) is 1. The molecule has 30 heavy (non-hydrogen) atoms. The summed E-state index contributed by atoms with van der Waals surface area (Å²) >= 11 is 1.66. The number of amides is 2. The van der Waals surface area contributed by atoms with Crippen molar-refractivity contribution in [2.45, 2.75) is 13.8 Å². The van der Waals surface area contributed by atoms with Gasteiger partial charge in [-0.3, -0.25) is 0 Å². The number of nitrogens with zero attached hydrogens (tertiary/aromatic N) is 3. The van der Waals surface area contributed by atoms with Gasteiger partial charge in [0.15, 0.2) is 5.13 Å². The topological polar surface area (TPSA) is 66.9 Å². The highest BCUT2D eigenvalue weighted by molar-refractivity contribution is 7.22. The molecule has 1 fully saturated rings. The molecule has 2 heterocycles. The fourth-order valence-electron chi connectivity index (χ4n) is 3.43. The zero-order chi connectivity index (χ0) is 20.9. The Bertz CT molecular complexity index is 1010. The molecule has 0 spiro atoms. The standard InChI is InChI=1S/C22H26N4O3S/c1-3-28-16-9-10-18-20(15-16)30-22(24-18)26-13-11-25(12-14-26)21(27)23-17-7-5-6-8-19(17)29-4-2/h5-10,15H,3-4,11-14H2,1-2H3,(H,23,27). The predicted octanol–water partition coefficient (Wildman–Crippen LogP) is 4.45. The smallest absolute Gasteiger partial charge is 0.322 e. The molecule has 1 N–H and O–H groups in total. The molecule has 0 radical (unpaired) electrons. The summed E-state index contributed by atoms with van der Waals surface area (Å²) < 4.78 is 12.3. The fraction of sp³-hybridized carbons (Fsp3) is 0.364. The number of nitrogens with one attached hydrogen (secondary N) is 1. The van der Waals surface area contributed by atoms with E-state index in [1.807, 2.05) is 61.2 Å². The molecule has 0 unspecified atom stereocenters. The van der Waals surface area contributed by atoms with E-state index in [1.54, 1.807) is 11.3 Å². The van der Waals surface area contributed by atoms with Gasteiger partial charge in [-0.1, -0.05) is 23.5 Å². The highest BCUT2D eigenvalue weighted by atomic mass is 32.1. The Labute approximate surface area is 180 Å². The van der Waals surface area contributed by atoms with E-state index in [4.69, 9.17) is 14.5 Å². The Morgan fingerprint density at radius 2 is 1.83 bits per heavy atom. The first-order chi connectivity index (χ1) is 14.7. The second-order valence-electron chi connectivity index (χ2n) is 6.89. The van der Waals surface area contributed by atoms with Crippen molar-refractivity contribution in [1.29, 1.82) is 0 Å². The lowest BCUT2D eigenvalue weighted by molar-refractivity contribution is 0.208. The molecule has 4 rings (SSSR count). The summed E-state index contributed by atoms with van der Waals surface area (Å²) in [5.74, 6) is 1.56. The summed E-state index contributed by atoms with van der Waals surface area (Å²) in [5, 5.41) is 3.96. The number of thiazole rings is 1. The minimum atomic E-state index is -0.104. The van der Waals surface area contributed by atoms with Crippen LogP contribution in [0.1, 0.15) is 13.8 Å². The van der Waals surface area contributed by atoms with Crippen LogP contribution in [0.15, 0.2) is 42.5 Å². The highest BCUT2D eigenvalue weighted by Gasteiger charge is 2.24. The molecule has 1 aliphatic heterocycles. The first kappa shape index (κ1) is 20.3. The van der Waals surface area contributed by atoms with Gasteiger partial charge in [0.25, 0.3) is 0 Å². The zero-order valence-electron chi connectivity index (χ0n) is 17.3. The van der Waals surface area contributed by atoms with Gasteiger partial charge >= 0.3 is 6.03 Å². The molecule has 158 valence electrons. The quantitative estimate of drug-likeness (QED) is 0.631. The van der Waals surface area contributed by atoms with E-state index in [-0.39, 0.29) is 6.03 Å². The number of anilines is 2. The number of carbonyl (C=O) groups excluding carboxylic acids is 1. The lowest BCUT2D eigenvalue weighted by Crippen LogP contribution is -2.50. The van der Waals surface area contributed by atoms with Crippen LogP contribution in [0.5, 0.6) is 11.5 Å². The van der Waals surface area contributed by atoms with Gasteiger partial charge in [-0.15, -0.1) is 0 Å². The van der Waals surface area contributed by atoms with Crippen LogP contribution in [-0.4, -0.2) is 55.3 Å². The molecule has 1 saturated heterocycles. The molecule has 7 nitrogen and oxygen atoms in total. The molecule has 8 heteroatoms. The zero-order valence-corrected chi connectivity index (χ0v) is 18.1. The van der Waals surface area contributed by atoms with Crippen LogP contribution in [0, 0.1) is 0 Å². The van der Waals surface area contributed by atoms with Crippen molar-refractivity contribution in [3.05, 3.63) is 42.5 Å². The van der Waals surface area contributed by atoms with Crippen LogP contribution in [0.25, 0.3) is 10.2 Å². The Hall–Kier alpha value is -3.00. The maximum atomic E-state index is 12.7. The number of piperazine rings is 1. The lowest BCUT2D eigenvalue weighted by Gasteiger charge is -2.34. The van der Waals surface area contributed by atoms with E-state index >= 15 is 0 Å². The molecule has 2 aromatic carbocycles. The number of hydrogen-bond acceptors (Lipinski definition) is 6. The van der Waals surface area contributed by atoms with Crippen LogP contribution in [0.3, 0.4) is 0 Å². The Morgan fingerprint density at radius 3 is 2.60 bits per heavy atom. The SMILES string of the molecule is CCOc1ccc2nc(N3CCN(C(=O)Nc4ccccc4OCC)CC3)sc2c1. The fourth-order valence-corrected chi connectivity index (χ4v) is 4.48. The third-order valence-electron chi connectivity index (χ3n) is 4.93. The molecule has 1 aromatic heterocycles. The van der Waals surface area contributed by atoms with Gasteiger partial charge in [0, 0.05) is 26.2 Å². The molecule has 0 atom stereocenters. The van der Waals surface area contributed by atoms with Crippen LogP contribution >= 0.6 is 11.3 Å². The molecular formula is C22H26N4O3S. The molecule has 0 bridgehead atoms. The van der Waals surface area contributed by atoms with Gasteiger partial charge in [-0.25, -0.2) is 9.78 Å². The van der Waals surface area contributed by atoms with Gasteiger partial charge < -0.3 is 24.6 Å². The third-order valence-corrected chi connectivity index (χ3v) is 6.00. The monoisotopic (exact) mass is 426 g/mol. The number of aromatic nitrogens is 1. The number of carbonyl (C=O) groups is 1. The minimum Gasteiger partial charge on any atom is -0.494 e. The maximum Gasteiger partial charge on any atom is 0.322 e. The Morgan fingerprint density at radius 1 is 1.07 bits per heavy atom. The minimum absolute atomic E-state index is 0.104. The summed E-state index contributed by atoms with van der Waals surface area (Å²) in [5.41, 5.74) is 1.68. The summed E-state index contributed by atoms with van der Waals surface area (Å²) in [7, 11) is 0. The first-order valence-corrected chi connectivity index (χ1v) is 11.1. The molecule has 3 aromatic rings. The number of ether oxygens (including phenoxy) is 2. The molecular weight excluding hydrogens is 400 g/mol. The van der Waals surface area contributed by atoms with Gasteiger partial charge in [-0.2, -0.15) is 0 Å². The molecule has 0 saturated carbocycles. The van der Waals surface area contributed by atoms with Crippen molar-refractivity contribution < 1.29 is 14.3 Å². The lowest BCUT2D eigenvalue weighted by atomic mass is 10.3. The Kier molecular flexibility index (Phi) is 6.23. The van der Waals surface area contributed by atoms with E-state index in [0.717, 1.165) is 34.2 Å². The van der Waals surface area contributed by atoms with Crippen molar-refractivity contribution in [2.24, 2.45) is 0 Å². The van der Waals surface area contributed by atoms with E-state index < -0.39 is 0 Å². The van der Waals surface area contributed by atoms with Gasteiger partial charge in [-0.05, 0) is 44.2 Å². The summed E-state index contributed by atoms with van der Waals surface area (Å²) in [6, 6.07) is 13.4. The van der Waals surface area contributed by atoms with Crippen molar-refractivity contribution in [1.82, 2.24) is 9.88 Å². The highest BCUT2D eigenvalue weighted by Crippen LogP contribution is 2.32. The number of urea groups is 1. The van der Waals surface area contributed by atoms with Gasteiger partial charge in [0.1, 0.15) is 11.5 Å². The second kappa shape index (κ2) is 9.21. The van der Waals surface area contributed by atoms with Gasteiger partial charge in [0.05, 0.1) is 29.1 Å². The number of para-hydroxylation sites is 2. The normalized spacial score (nSPS) is 14.1. The number of fused-ring (bicyclic) bond motifs is 1. The predicted molar refractivity (Wildman–Crippen MR) is 121 cm³/mol. The first-order valence-electron chi connectivity index (χ1n) is 10.2. The molecule has 0 aliphatic carbocycles. The van der Waals surface area contributed by atoms with E-state index in [2.05, 4.69) is 10.2 Å². The molecule has 1 aliphatic rings. The summed E-state index contributed by atoms with van der Waals surface area (Å²) in [6.45, 7) is 7.89. The average molecular weight is 427 g/mol. The van der Waals surface area contributed by atoms with E-state index in [1.165, 1.54) is 0 Å². The molecule has 2 amide bonds. The summed E-state index contributed by atoms with van der Waals surface area (Å²) in [6.07, 6.45) is 0. The summed E-state index contributed by atoms with van der Waals surface area (Å²) in [4.78, 5) is 21.6. The van der Waals surface area contributed by atoms with Crippen LogP contribution < -0.4 is 19.7 Å². The van der Waals surface area contributed by atoms with Crippen molar-refractivity contribution in [3.8, 4) is 11.5 Å².